The van der Waals surface area contributed by atoms with Crippen molar-refractivity contribution in [3.8, 4) is 17.2 Å². The molecule has 0 aromatic heterocycles. The van der Waals surface area contributed by atoms with Crippen LogP contribution in [0.4, 0.5) is 0 Å². The molecule has 0 fully saturated rings. The van der Waals surface area contributed by atoms with Gasteiger partial charge in [-0.05, 0) is 61.1 Å². The van der Waals surface area contributed by atoms with Crippen molar-refractivity contribution in [2.24, 2.45) is 0 Å². The summed E-state index contributed by atoms with van der Waals surface area (Å²) < 4.78 is 16.0. The monoisotopic (exact) mass is 396 g/mol. The zero-order valence-corrected chi connectivity index (χ0v) is 17.2. The molecule has 3 rings (SSSR count). The maximum absolute atomic E-state index is 12.2. The van der Waals surface area contributed by atoms with E-state index < -0.39 is 0 Å². The molecular weight excluding hydrogens is 368 g/mol. The van der Waals surface area contributed by atoms with Crippen molar-refractivity contribution in [3.05, 3.63) is 59.2 Å². The summed E-state index contributed by atoms with van der Waals surface area (Å²) in [5.74, 6) is 2.19. The smallest absolute Gasteiger partial charge is 0.238 e. The van der Waals surface area contributed by atoms with Gasteiger partial charge < -0.3 is 14.2 Å². The van der Waals surface area contributed by atoms with Crippen LogP contribution < -0.4 is 25.1 Å². The third-order valence-electron chi connectivity index (χ3n) is 5.03. The van der Waals surface area contributed by atoms with Gasteiger partial charge in [-0.25, -0.2) is 0 Å². The lowest BCUT2D eigenvalue weighted by atomic mass is 9.94. The second-order valence-corrected chi connectivity index (χ2v) is 6.90. The van der Waals surface area contributed by atoms with E-state index in [0.717, 1.165) is 48.4 Å². The molecule has 1 aliphatic carbocycles. The number of aryl methyl sites for hydroxylation is 2. The molecule has 0 spiro atoms. The van der Waals surface area contributed by atoms with Crippen molar-refractivity contribution < 1.29 is 19.0 Å². The summed E-state index contributed by atoms with van der Waals surface area (Å²) in [5.41, 5.74) is 10.2. The van der Waals surface area contributed by atoms with Gasteiger partial charge in [-0.15, -0.1) is 0 Å². The van der Waals surface area contributed by atoms with Gasteiger partial charge in [0.15, 0.2) is 11.5 Å². The molecule has 154 valence electrons. The number of nitrogens with one attached hydrogen (secondary N) is 2. The van der Waals surface area contributed by atoms with E-state index in [4.69, 9.17) is 14.2 Å². The number of hydrogen-bond acceptors (Lipinski definition) is 5. The highest BCUT2D eigenvalue weighted by Gasteiger charge is 2.17. The third-order valence-corrected chi connectivity index (χ3v) is 5.03. The molecule has 6 nitrogen and oxygen atoms in total. The fourth-order valence-corrected chi connectivity index (χ4v) is 3.42. The number of benzene rings is 2. The summed E-state index contributed by atoms with van der Waals surface area (Å²) in [6.45, 7) is 0. The van der Waals surface area contributed by atoms with Crippen molar-refractivity contribution in [1.29, 1.82) is 0 Å². The highest BCUT2D eigenvalue weighted by atomic mass is 16.5. The molecule has 2 N–H and O–H groups in total. The Labute approximate surface area is 171 Å². The van der Waals surface area contributed by atoms with E-state index >= 15 is 0 Å². The van der Waals surface area contributed by atoms with Crippen molar-refractivity contribution in [1.82, 2.24) is 10.9 Å². The number of ether oxygens (including phenoxy) is 3. The topological polar surface area (TPSA) is 68.8 Å². The van der Waals surface area contributed by atoms with Gasteiger partial charge in [-0.1, -0.05) is 18.2 Å². The zero-order chi connectivity index (χ0) is 20.6. The predicted octanol–water partition coefficient (Wildman–Crippen LogP) is 3.64. The number of carbonyl (C=O) groups excluding carboxylic acids is 1. The van der Waals surface area contributed by atoms with Crippen molar-refractivity contribution in [2.75, 3.05) is 21.3 Å². The standard InChI is InChI=1S/C23H28N2O4/c1-27-18-12-10-16(11-13-18)6-4-9-23(26)25-24-20-8-5-7-17-14-21(28-2)22(29-3)15-19(17)20/h8,10-15,24H,4-7,9H2,1-3H3,(H,25,26). The number of fused-ring (bicyclic) bond motifs is 1. The van der Waals surface area contributed by atoms with E-state index in [0.29, 0.717) is 12.2 Å². The average molecular weight is 396 g/mol. The van der Waals surface area contributed by atoms with Crippen LogP contribution in [-0.4, -0.2) is 27.2 Å². The van der Waals surface area contributed by atoms with E-state index in [1.807, 2.05) is 36.4 Å². The molecule has 2 aromatic rings. The third kappa shape index (κ3) is 5.22. The number of rotatable bonds is 9. The van der Waals surface area contributed by atoms with Crippen LogP contribution in [-0.2, 0) is 17.6 Å². The highest BCUT2D eigenvalue weighted by molar-refractivity contribution is 5.78. The molecule has 0 heterocycles. The van der Waals surface area contributed by atoms with Gasteiger partial charge in [-0.3, -0.25) is 15.6 Å². The quantitative estimate of drug-likeness (QED) is 0.634. The lowest BCUT2D eigenvalue weighted by Gasteiger charge is -2.21. The fourth-order valence-electron chi connectivity index (χ4n) is 3.42. The number of amides is 1. The molecular formula is C23H28N2O4. The summed E-state index contributed by atoms with van der Waals surface area (Å²) in [4.78, 5) is 12.2. The highest BCUT2D eigenvalue weighted by Crippen LogP contribution is 2.35. The lowest BCUT2D eigenvalue weighted by Crippen LogP contribution is -2.36. The fraction of sp³-hybridized carbons (Fsp3) is 0.348. The molecule has 0 atom stereocenters. The van der Waals surface area contributed by atoms with E-state index in [-0.39, 0.29) is 5.91 Å². The van der Waals surface area contributed by atoms with Crippen LogP contribution in [0, 0.1) is 0 Å². The van der Waals surface area contributed by atoms with Crippen molar-refractivity contribution in [3.63, 3.8) is 0 Å². The molecule has 29 heavy (non-hydrogen) atoms. The summed E-state index contributed by atoms with van der Waals surface area (Å²) in [6.07, 6.45) is 5.99. The summed E-state index contributed by atoms with van der Waals surface area (Å²) >= 11 is 0. The van der Waals surface area contributed by atoms with Crippen LogP contribution in [0.3, 0.4) is 0 Å². The molecule has 1 aliphatic rings. The van der Waals surface area contributed by atoms with Gasteiger partial charge >= 0.3 is 0 Å². The molecule has 0 aliphatic heterocycles. The minimum Gasteiger partial charge on any atom is -0.497 e. The zero-order valence-electron chi connectivity index (χ0n) is 17.2. The second-order valence-electron chi connectivity index (χ2n) is 6.90. The summed E-state index contributed by atoms with van der Waals surface area (Å²) in [6, 6.07) is 11.9. The van der Waals surface area contributed by atoms with Crippen LogP contribution in [0.2, 0.25) is 0 Å². The molecule has 0 saturated heterocycles. The van der Waals surface area contributed by atoms with Gasteiger partial charge in [0, 0.05) is 12.0 Å². The Kier molecular flexibility index (Phi) is 7.00. The Bertz CT molecular complexity index is 875. The van der Waals surface area contributed by atoms with Gasteiger partial charge in [0.2, 0.25) is 5.91 Å². The molecule has 1 amide bonds. The van der Waals surface area contributed by atoms with Crippen LogP contribution in [0.5, 0.6) is 17.2 Å². The maximum atomic E-state index is 12.2. The lowest BCUT2D eigenvalue weighted by molar-refractivity contribution is -0.121. The maximum Gasteiger partial charge on any atom is 0.238 e. The van der Waals surface area contributed by atoms with Gasteiger partial charge in [0.05, 0.1) is 27.0 Å². The van der Waals surface area contributed by atoms with E-state index in [2.05, 4.69) is 16.9 Å². The normalized spacial score (nSPS) is 12.4. The first kappa shape index (κ1) is 20.6. The predicted molar refractivity (Wildman–Crippen MR) is 113 cm³/mol. The van der Waals surface area contributed by atoms with Crippen LogP contribution in [0.25, 0.3) is 5.70 Å². The Hall–Kier alpha value is -3.15. The van der Waals surface area contributed by atoms with E-state index in [1.54, 1.807) is 21.3 Å². The number of hydrazine groups is 1. The largest absolute Gasteiger partial charge is 0.497 e. The Morgan fingerprint density at radius 3 is 2.41 bits per heavy atom. The minimum atomic E-state index is -0.0352. The van der Waals surface area contributed by atoms with Crippen LogP contribution in [0.1, 0.15) is 36.0 Å². The first-order valence-electron chi connectivity index (χ1n) is 9.77. The van der Waals surface area contributed by atoms with Crippen LogP contribution >= 0.6 is 0 Å². The number of hydrogen-bond donors (Lipinski definition) is 2. The van der Waals surface area contributed by atoms with E-state index in [1.165, 1.54) is 11.1 Å². The first-order valence-corrected chi connectivity index (χ1v) is 9.77. The van der Waals surface area contributed by atoms with Gasteiger partial charge in [0.25, 0.3) is 0 Å². The SMILES string of the molecule is COc1ccc(CCCC(=O)NNC2=CCCc3cc(OC)c(OC)cc32)cc1. The molecule has 2 aromatic carbocycles. The van der Waals surface area contributed by atoms with Gasteiger partial charge in [0.1, 0.15) is 5.75 Å². The molecule has 0 saturated carbocycles. The number of methoxy groups -OCH3 is 3. The van der Waals surface area contributed by atoms with Crippen molar-refractivity contribution >= 4 is 11.6 Å². The van der Waals surface area contributed by atoms with E-state index in [9.17, 15) is 4.79 Å². The van der Waals surface area contributed by atoms with Gasteiger partial charge in [-0.2, -0.15) is 0 Å². The number of carbonyl (C=O) groups is 1. The Balaban J connectivity index is 1.52. The first-order chi connectivity index (χ1) is 14.1. The average Bonchev–Trinajstić information content (AvgIpc) is 2.77. The summed E-state index contributed by atoms with van der Waals surface area (Å²) in [7, 11) is 4.90. The molecule has 6 heteroatoms. The minimum absolute atomic E-state index is 0.0352. The second kappa shape index (κ2) is 9.87. The molecule has 0 unspecified atom stereocenters. The molecule has 0 bridgehead atoms. The van der Waals surface area contributed by atoms with Crippen molar-refractivity contribution in [2.45, 2.75) is 32.1 Å². The van der Waals surface area contributed by atoms with Crippen LogP contribution in [0.15, 0.2) is 42.5 Å². The summed E-state index contributed by atoms with van der Waals surface area (Å²) in [5, 5.41) is 0. The number of allylic oxidation sites excluding steroid dienone is 1. The Morgan fingerprint density at radius 2 is 1.72 bits per heavy atom. The Morgan fingerprint density at radius 1 is 1.00 bits per heavy atom. The molecule has 0 radical (unpaired) electrons.